The van der Waals surface area contributed by atoms with E-state index in [2.05, 4.69) is 4.74 Å². The lowest BCUT2D eigenvalue weighted by molar-refractivity contribution is -0.162. The highest BCUT2D eigenvalue weighted by atomic mass is 32.2. The van der Waals surface area contributed by atoms with Gasteiger partial charge >= 0.3 is 21.3 Å². The SMILES string of the molecule is CC(OC(=O)C1CC1C1(O)CCCC1)C(F)(F)S(=O)(=O)O. The fourth-order valence-corrected chi connectivity index (χ4v) is 3.41. The average molecular weight is 328 g/mol. The number of hydrogen-bond acceptors (Lipinski definition) is 5. The molecule has 0 bridgehead atoms. The third-order valence-corrected chi connectivity index (χ3v) is 5.38. The smallest absolute Gasteiger partial charge is 0.405 e. The van der Waals surface area contributed by atoms with Gasteiger partial charge in [-0.05, 0) is 26.2 Å². The molecule has 0 radical (unpaired) electrons. The topological polar surface area (TPSA) is 101 Å². The van der Waals surface area contributed by atoms with E-state index in [0.717, 1.165) is 12.8 Å². The number of hydrogen-bond donors (Lipinski definition) is 2. The summed E-state index contributed by atoms with van der Waals surface area (Å²) in [6, 6.07) is 0. The summed E-state index contributed by atoms with van der Waals surface area (Å²) >= 11 is 0. The monoisotopic (exact) mass is 328 g/mol. The Kier molecular flexibility index (Phi) is 4.05. The number of alkyl halides is 2. The Morgan fingerprint density at radius 2 is 1.90 bits per heavy atom. The van der Waals surface area contributed by atoms with E-state index in [1.807, 2.05) is 0 Å². The normalized spacial score (nSPS) is 30.0. The van der Waals surface area contributed by atoms with Crippen LogP contribution in [0.2, 0.25) is 0 Å². The van der Waals surface area contributed by atoms with Gasteiger partial charge in [0.25, 0.3) is 0 Å². The molecule has 122 valence electrons. The molecule has 0 aromatic rings. The second-order valence-corrected chi connectivity index (χ2v) is 7.37. The molecule has 2 rings (SSSR count). The molecule has 0 aliphatic heterocycles. The molecule has 9 heteroatoms. The first-order valence-electron chi connectivity index (χ1n) is 6.77. The van der Waals surface area contributed by atoms with Gasteiger partial charge in [-0.3, -0.25) is 9.35 Å². The van der Waals surface area contributed by atoms with E-state index in [-0.39, 0.29) is 5.92 Å². The number of halogens is 2. The number of rotatable bonds is 5. The van der Waals surface area contributed by atoms with Crippen molar-refractivity contribution in [3.05, 3.63) is 0 Å². The Morgan fingerprint density at radius 3 is 2.38 bits per heavy atom. The summed E-state index contributed by atoms with van der Waals surface area (Å²) in [6.07, 6.45) is 0.896. The standard InChI is InChI=1S/C12H18F2O6S/c1-7(12(13,14)21(17,18)19)20-10(15)8-6-9(8)11(16)4-2-3-5-11/h7-9,16H,2-6H2,1H3,(H,17,18,19). The second-order valence-electron chi connectivity index (χ2n) is 5.88. The van der Waals surface area contributed by atoms with E-state index in [0.29, 0.717) is 26.2 Å². The molecule has 0 saturated heterocycles. The lowest BCUT2D eigenvalue weighted by atomic mass is 9.94. The zero-order chi connectivity index (χ0) is 16.1. The van der Waals surface area contributed by atoms with Gasteiger partial charge in [0.1, 0.15) is 0 Å². The van der Waals surface area contributed by atoms with Crippen molar-refractivity contribution in [1.29, 1.82) is 0 Å². The second kappa shape index (κ2) is 5.13. The highest BCUT2D eigenvalue weighted by Gasteiger charge is 2.58. The zero-order valence-electron chi connectivity index (χ0n) is 11.5. The molecule has 6 nitrogen and oxygen atoms in total. The average Bonchev–Trinajstić information content (AvgIpc) is 3.05. The Labute approximate surface area is 121 Å². The van der Waals surface area contributed by atoms with Gasteiger partial charge in [0.15, 0.2) is 6.10 Å². The molecule has 0 amide bonds. The van der Waals surface area contributed by atoms with Crippen LogP contribution < -0.4 is 0 Å². The maximum atomic E-state index is 13.3. The van der Waals surface area contributed by atoms with E-state index in [1.54, 1.807) is 0 Å². The van der Waals surface area contributed by atoms with Gasteiger partial charge in [0, 0.05) is 5.92 Å². The predicted octanol–water partition coefficient (Wildman–Crippen LogP) is 1.34. The zero-order valence-corrected chi connectivity index (χ0v) is 12.3. The molecule has 2 fully saturated rings. The van der Waals surface area contributed by atoms with E-state index in [4.69, 9.17) is 4.55 Å². The molecule has 2 aliphatic carbocycles. The van der Waals surface area contributed by atoms with Crippen molar-refractivity contribution >= 4 is 16.1 Å². The minimum Gasteiger partial charge on any atom is -0.455 e. The summed E-state index contributed by atoms with van der Waals surface area (Å²) in [6.45, 7) is 0.702. The van der Waals surface area contributed by atoms with Crippen molar-refractivity contribution in [3.63, 3.8) is 0 Å². The number of carbonyl (C=O) groups excluding carboxylic acids is 1. The number of aliphatic hydroxyl groups is 1. The molecule has 0 spiro atoms. The Balaban J connectivity index is 1.95. The number of esters is 1. The molecular weight excluding hydrogens is 310 g/mol. The van der Waals surface area contributed by atoms with Crippen molar-refractivity contribution in [2.75, 3.05) is 0 Å². The van der Waals surface area contributed by atoms with E-state index in [9.17, 15) is 27.1 Å². The van der Waals surface area contributed by atoms with Crippen molar-refractivity contribution in [2.45, 2.75) is 56.0 Å². The lowest BCUT2D eigenvalue weighted by Gasteiger charge is -2.23. The summed E-state index contributed by atoms with van der Waals surface area (Å²) < 4.78 is 60.6. The third kappa shape index (κ3) is 3.04. The molecule has 3 atom stereocenters. The molecule has 2 aliphatic rings. The van der Waals surface area contributed by atoms with Crippen LogP contribution in [0, 0.1) is 11.8 Å². The Morgan fingerprint density at radius 1 is 1.38 bits per heavy atom. The molecule has 0 heterocycles. The first-order chi connectivity index (χ1) is 9.49. The highest BCUT2D eigenvalue weighted by Crippen LogP contribution is 2.53. The van der Waals surface area contributed by atoms with Crippen LogP contribution in [0.25, 0.3) is 0 Å². The van der Waals surface area contributed by atoms with Crippen molar-refractivity contribution in [1.82, 2.24) is 0 Å². The Hall–Kier alpha value is -0.800. The van der Waals surface area contributed by atoms with Gasteiger partial charge < -0.3 is 9.84 Å². The quantitative estimate of drug-likeness (QED) is 0.583. The van der Waals surface area contributed by atoms with Gasteiger partial charge in [-0.25, -0.2) is 0 Å². The van der Waals surface area contributed by atoms with Crippen LogP contribution in [0.4, 0.5) is 8.78 Å². The largest absolute Gasteiger partial charge is 0.455 e. The number of carbonyl (C=O) groups is 1. The summed E-state index contributed by atoms with van der Waals surface area (Å²) in [5.74, 6) is -1.97. The minimum atomic E-state index is -5.65. The van der Waals surface area contributed by atoms with Crippen LogP contribution in [0.3, 0.4) is 0 Å². The summed E-state index contributed by atoms with van der Waals surface area (Å²) in [5, 5.41) is 5.72. The summed E-state index contributed by atoms with van der Waals surface area (Å²) in [7, 11) is -5.65. The van der Waals surface area contributed by atoms with Gasteiger partial charge in [0.2, 0.25) is 0 Å². The van der Waals surface area contributed by atoms with E-state index in [1.165, 1.54) is 0 Å². The molecular formula is C12H18F2O6S. The third-order valence-electron chi connectivity index (χ3n) is 4.36. The van der Waals surface area contributed by atoms with Crippen LogP contribution in [-0.2, 0) is 19.6 Å². The number of ether oxygens (including phenoxy) is 1. The minimum absolute atomic E-state index is 0.320. The maximum Gasteiger partial charge on any atom is 0.405 e. The molecule has 3 unspecified atom stereocenters. The fraction of sp³-hybridized carbons (Fsp3) is 0.917. The molecule has 21 heavy (non-hydrogen) atoms. The van der Waals surface area contributed by atoms with Gasteiger partial charge in [-0.2, -0.15) is 17.2 Å². The first kappa shape index (κ1) is 16.6. The Bertz CT molecular complexity index is 526. The van der Waals surface area contributed by atoms with Gasteiger partial charge in [-0.1, -0.05) is 12.8 Å². The lowest BCUT2D eigenvalue weighted by Crippen LogP contribution is -2.42. The molecule has 0 aromatic carbocycles. The predicted molar refractivity (Wildman–Crippen MR) is 67.1 cm³/mol. The van der Waals surface area contributed by atoms with Crippen LogP contribution >= 0.6 is 0 Å². The van der Waals surface area contributed by atoms with Gasteiger partial charge in [-0.15, -0.1) is 0 Å². The van der Waals surface area contributed by atoms with E-state index < -0.39 is 39.0 Å². The van der Waals surface area contributed by atoms with E-state index >= 15 is 0 Å². The summed E-state index contributed by atoms with van der Waals surface area (Å²) in [5.41, 5.74) is -0.946. The van der Waals surface area contributed by atoms with Crippen molar-refractivity contribution < 1.29 is 36.4 Å². The van der Waals surface area contributed by atoms with Crippen LogP contribution in [0.5, 0.6) is 0 Å². The fourth-order valence-electron chi connectivity index (χ4n) is 2.95. The van der Waals surface area contributed by atoms with Crippen molar-refractivity contribution in [3.8, 4) is 0 Å². The molecule has 0 aromatic heterocycles. The highest BCUT2D eigenvalue weighted by molar-refractivity contribution is 7.86. The maximum absolute atomic E-state index is 13.3. The van der Waals surface area contributed by atoms with Gasteiger partial charge in [0.05, 0.1) is 11.5 Å². The first-order valence-corrected chi connectivity index (χ1v) is 8.21. The van der Waals surface area contributed by atoms with Crippen LogP contribution in [0.1, 0.15) is 39.0 Å². The van der Waals surface area contributed by atoms with Crippen LogP contribution in [-0.4, -0.2) is 41.0 Å². The summed E-state index contributed by atoms with van der Waals surface area (Å²) in [4.78, 5) is 11.8. The van der Waals surface area contributed by atoms with Crippen molar-refractivity contribution in [2.24, 2.45) is 11.8 Å². The van der Waals surface area contributed by atoms with Crippen LogP contribution in [0.15, 0.2) is 0 Å². The molecule has 2 saturated carbocycles. The molecule has 2 N–H and O–H groups in total.